The molecule has 0 saturated carbocycles. The van der Waals surface area contributed by atoms with Gasteiger partial charge in [-0.05, 0) is 34.4 Å². The Bertz CT molecular complexity index is 838. The molecule has 5 heteroatoms. The van der Waals surface area contributed by atoms with Crippen molar-refractivity contribution >= 4 is 27.5 Å². The molecule has 0 amide bonds. The van der Waals surface area contributed by atoms with Crippen LogP contribution in [0.2, 0.25) is 0 Å². The summed E-state index contributed by atoms with van der Waals surface area (Å²) in [5.41, 5.74) is 0. The van der Waals surface area contributed by atoms with Gasteiger partial charge in [0.2, 0.25) is 0 Å². The third-order valence-corrected chi connectivity index (χ3v) is 3.14. The topological polar surface area (TPSA) is 26.3 Å². The maximum atomic E-state index is 12.3. The lowest BCUT2D eigenvalue weighted by atomic mass is 10.0. The van der Waals surface area contributed by atoms with Crippen LogP contribution in [0.1, 0.15) is 0 Å². The highest BCUT2D eigenvalue weighted by Crippen LogP contribution is 2.31. The minimum Gasteiger partial charge on any atom is -0.419 e. The Hall–Kier alpha value is -2.56. The van der Waals surface area contributed by atoms with E-state index in [9.17, 15) is 18.0 Å². The Labute approximate surface area is 117 Å². The van der Waals surface area contributed by atoms with Crippen LogP contribution in [0.5, 0.6) is 5.75 Å². The predicted molar refractivity (Wildman–Crippen MR) is 73.1 cm³/mol. The summed E-state index contributed by atoms with van der Waals surface area (Å²) >= 11 is 0. The van der Waals surface area contributed by atoms with Gasteiger partial charge in [0.1, 0.15) is 5.75 Å². The van der Waals surface area contributed by atoms with Crippen LogP contribution in [0.4, 0.5) is 13.2 Å². The second-order valence-electron chi connectivity index (χ2n) is 4.56. The molecular formula is C16H9F3O2. The van der Waals surface area contributed by atoms with Gasteiger partial charge in [-0.25, -0.2) is 4.79 Å². The monoisotopic (exact) mass is 290 g/mol. The zero-order chi connectivity index (χ0) is 15.0. The van der Waals surface area contributed by atoms with E-state index < -0.39 is 12.1 Å². The fourth-order valence-electron chi connectivity index (χ4n) is 2.18. The zero-order valence-corrected chi connectivity index (χ0v) is 10.6. The highest BCUT2D eigenvalue weighted by Gasteiger charge is 2.41. The number of fused-ring (bicyclic) bond motifs is 2. The molecule has 106 valence electrons. The van der Waals surface area contributed by atoms with E-state index in [4.69, 9.17) is 0 Å². The highest BCUT2D eigenvalue weighted by atomic mass is 19.4. The number of hydrogen-bond acceptors (Lipinski definition) is 2. The molecule has 0 saturated heterocycles. The van der Waals surface area contributed by atoms with E-state index in [2.05, 4.69) is 4.74 Å². The largest absolute Gasteiger partial charge is 0.491 e. The normalized spacial score (nSPS) is 11.8. The van der Waals surface area contributed by atoms with Gasteiger partial charge >= 0.3 is 12.1 Å². The van der Waals surface area contributed by atoms with Crippen LogP contribution >= 0.6 is 0 Å². The number of carbonyl (C=O) groups is 1. The molecule has 0 aliphatic heterocycles. The summed E-state index contributed by atoms with van der Waals surface area (Å²) in [6, 6.07) is 15.7. The first-order valence-electron chi connectivity index (χ1n) is 6.16. The molecule has 0 spiro atoms. The zero-order valence-electron chi connectivity index (χ0n) is 10.6. The third kappa shape index (κ3) is 2.54. The molecule has 0 atom stereocenters. The molecular weight excluding hydrogens is 281 g/mol. The van der Waals surface area contributed by atoms with Crippen molar-refractivity contribution in [2.24, 2.45) is 0 Å². The second-order valence-corrected chi connectivity index (χ2v) is 4.56. The maximum Gasteiger partial charge on any atom is 0.491 e. The van der Waals surface area contributed by atoms with Crippen LogP contribution in [0.25, 0.3) is 21.5 Å². The number of esters is 1. The van der Waals surface area contributed by atoms with Crippen LogP contribution in [-0.2, 0) is 4.79 Å². The first-order chi connectivity index (χ1) is 9.95. The van der Waals surface area contributed by atoms with Crippen molar-refractivity contribution < 1.29 is 22.7 Å². The Morgan fingerprint density at radius 3 is 2.14 bits per heavy atom. The lowest BCUT2D eigenvalue weighted by molar-refractivity contribution is -0.189. The standard InChI is InChI=1S/C16H9F3O2/c17-16(18,19)15(20)21-14-7-3-6-12-8-10-4-1-2-5-11(10)9-13(12)14/h1-9H. The van der Waals surface area contributed by atoms with Gasteiger partial charge in [-0.15, -0.1) is 0 Å². The third-order valence-electron chi connectivity index (χ3n) is 3.14. The SMILES string of the molecule is O=C(Oc1cccc2cc3ccccc3cc12)C(F)(F)F. The molecule has 2 nitrogen and oxygen atoms in total. The molecule has 3 rings (SSSR count). The minimum atomic E-state index is -5.01. The second kappa shape index (κ2) is 4.77. The number of rotatable bonds is 1. The summed E-state index contributed by atoms with van der Waals surface area (Å²) in [4.78, 5) is 11.0. The summed E-state index contributed by atoms with van der Waals surface area (Å²) < 4.78 is 41.4. The van der Waals surface area contributed by atoms with Crippen molar-refractivity contribution in [1.82, 2.24) is 0 Å². The molecule has 3 aromatic rings. The molecule has 0 N–H and O–H groups in total. The molecule has 0 radical (unpaired) electrons. The fraction of sp³-hybridized carbons (Fsp3) is 0.0625. The Balaban J connectivity index is 2.15. The van der Waals surface area contributed by atoms with Gasteiger partial charge in [-0.3, -0.25) is 0 Å². The van der Waals surface area contributed by atoms with Gasteiger partial charge in [-0.2, -0.15) is 13.2 Å². The first kappa shape index (κ1) is 13.4. The molecule has 0 bridgehead atoms. The van der Waals surface area contributed by atoms with Crippen molar-refractivity contribution in [2.45, 2.75) is 6.18 Å². The van der Waals surface area contributed by atoms with Crippen molar-refractivity contribution in [1.29, 1.82) is 0 Å². The molecule has 0 heterocycles. The molecule has 21 heavy (non-hydrogen) atoms. The number of alkyl halides is 3. The van der Waals surface area contributed by atoms with Crippen LogP contribution in [0, 0.1) is 0 Å². The highest BCUT2D eigenvalue weighted by molar-refractivity contribution is 6.01. The summed E-state index contributed by atoms with van der Waals surface area (Å²) in [7, 11) is 0. The van der Waals surface area contributed by atoms with Crippen LogP contribution in [0.15, 0.2) is 54.6 Å². The predicted octanol–water partition coefficient (Wildman–Crippen LogP) is 4.46. The average Bonchev–Trinajstić information content (AvgIpc) is 2.44. The van der Waals surface area contributed by atoms with Gasteiger partial charge < -0.3 is 4.74 Å². The van der Waals surface area contributed by atoms with Crippen molar-refractivity contribution in [2.75, 3.05) is 0 Å². The summed E-state index contributed by atoms with van der Waals surface area (Å²) in [6.45, 7) is 0. The molecule has 0 aliphatic rings. The van der Waals surface area contributed by atoms with Gasteiger partial charge in [-0.1, -0.05) is 36.4 Å². The van der Waals surface area contributed by atoms with E-state index in [1.807, 2.05) is 30.3 Å². The lowest BCUT2D eigenvalue weighted by Crippen LogP contribution is -2.28. The molecule has 0 aromatic heterocycles. The molecule has 3 aromatic carbocycles. The van der Waals surface area contributed by atoms with Gasteiger partial charge in [0.25, 0.3) is 0 Å². The molecule has 0 fully saturated rings. The Morgan fingerprint density at radius 1 is 0.857 bits per heavy atom. The quantitative estimate of drug-likeness (QED) is 0.376. The molecule has 0 aliphatic carbocycles. The summed E-state index contributed by atoms with van der Waals surface area (Å²) in [5.74, 6) is -2.32. The summed E-state index contributed by atoms with van der Waals surface area (Å²) in [5, 5.41) is 3.00. The van der Waals surface area contributed by atoms with Crippen LogP contribution in [-0.4, -0.2) is 12.1 Å². The van der Waals surface area contributed by atoms with Crippen molar-refractivity contribution in [3.05, 3.63) is 54.6 Å². The average molecular weight is 290 g/mol. The smallest absolute Gasteiger partial charge is 0.419 e. The number of halogens is 3. The fourth-order valence-corrected chi connectivity index (χ4v) is 2.18. The number of ether oxygens (including phenoxy) is 1. The van der Waals surface area contributed by atoms with E-state index in [0.717, 1.165) is 10.8 Å². The summed E-state index contributed by atoms with van der Waals surface area (Å²) in [6.07, 6.45) is -5.01. The van der Waals surface area contributed by atoms with Crippen LogP contribution < -0.4 is 4.74 Å². The first-order valence-corrected chi connectivity index (χ1v) is 6.16. The van der Waals surface area contributed by atoms with E-state index in [0.29, 0.717) is 10.8 Å². The van der Waals surface area contributed by atoms with Crippen LogP contribution in [0.3, 0.4) is 0 Å². The van der Waals surface area contributed by atoms with Gasteiger partial charge in [0.15, 0.2) is 0 Å². The van der Waals surface area contributed by atoms with E-state index in [-0.39, 0.29) is 5.75 Å². The van der Waals surface area contributed by atoms with Crippen molar-refractivity contribution in [3.63, 3.8) is 0 Å². The van der Waals surface area contributed by atoms with E-state index >= 15 is 0 Å². The molecule has 0 unspecified atom stereocenters. The number of hydrogen-bond donors (Lipinski definition) is 0. The minimum absolute atomic E-state index is 0.0967. The van der Waals surface area contributed by atoms with E-state index in [1.54, 1.807) is 18.2 Å². The number of carbonyl (C=O) groups excluding carboxylic acids is 1. The maximum absolute atomic E-state index is 12.3. The lowest BCUT2D eigenvalue weighted by Gasteiger charge is -2.10. The Kier molecular flexibility index (Phi) is 3.05. The van der Waals surface area contributed by atoms with E-state index in [1.165, 1.54) is 6.07 Å². The Morgan fingerprint density at radius 2 is 1.48 bits per heavy atom. The van der Waals surface area contributed by atoms with Gasteiger partial charge in [0, 0.05) is 5.39 Å². The van der Waals surface area contributed by atoms with Gasteiger partial charge in [0.05, 0.1) is 0 Å². The number of benzene rings is 3. The van der Waals surface area contributed by atoms with Crippen molar-refractivity contribution in [3.8, 4) is 5.75 Å².